The van der Waals surface area contributed by atoms with E-state index in [0.717, 1.165) is 0 Å². The van der Waals surface area contributed by atoms with Crippen molar-refractivity contribution in [2.75, 3.05) is 26.9 Å². The molecular formula is C12H15BrFNO3. The molecule has 0 aromatic heterocycles. The highest BCUT2D eigenvalue weighted by atomic mass is 79.9. The molecule has 1 saturated heterocycles. The monoisotopic (exact) mass is 319 g/mol. The first-order valence-electron chi connectivity index (χ1n) is 5.61. The molecule has 0 aliphatic carbocycles. The van der Waals surface area contributed by atoms with Crippen molar-refractivity contribution in [3.05, 3.63) is 28.0 Å². The van der Waals surface area contributed by atoms with Crippen LogP contribution in [-0.2, 0) is 9.47 Å². The minimum atomic E-state index is -0.419. The van der Waals surface area contributed by atoms with Crippen LogP contribution in [0, 0.1) is 5.82 Å². The summed E-state index contributed by atoms with van der Waals surface area (Å²) in [6, 6.07) is 2.51. The van der Waals surface area contributed by atoms with Crippen LogP contribution in [0.15, 0.2) is 16.6 Å². The zero-order chi connectivity index (χ0) is 13.1. The predicted octanol–water partition coefficient (Wildman–Crippen LogP) is 2.01. The fourth-order valence-electron chi connectivity index (χ4n) is 1.89. The lowest BCUT2D eigenvalue weighted by atomic mass is 10.0. The molecule has 0 spiro atoms. The Balaban J connectivity index is 2.27. The second-order valence-corrected chi connectivity index (χ2v) is 4.87. The molecule has 2 rings (SSSR count). The van der Waals surface area contributed by atoms with Gasteiger partial charge in [-0.05, 0) is 22.0 Å². The summed E-state index contributed by atoms with van der Waals surface area (Å²) in [6.45, 7) is 1.52. The lowest BCUT2D eigenvalue weighted by molar-refractivity contribution is -0.0977. The summed E-state index contributed by atoms with van der Waals surface area (Å²) in [6.07, 6.45) is -0.245. The number of rotatable bonds is 3. The van der Waals surface area contributed by atoms with Crippen molar-refractivity contribution in [2.24, 2.45) is 5.73 Å². The van der Waals surface area contributed by atoms with Crippen LogP contribution >= 0.6 is 15.9 Å². The van der Waals surface area contributed by atoms with Gasteiger partial charge in [-0.2, -0.15) is 0 Å². The summed E-state index contributed by atoms with van der Waals surface area (Å²) in [5, 5.41) is 0. The van der Waals surface area contributed by atoms with Crippen LogP contribution in [0.2, 0.25) is 0 Å². The molecule has 1 aliphatic rings. The van der Waals surface area contributed by atoms with E-state index in [4.69, 9.17) is 19.9 Å². The van der Waals surface area contributed by atoms with E-state index in [0.29, 0.717) is 35.6 Å². The van der Waals surface area contributed by atoms with E-state index < -0.39 is 6.04 Å². The summed E-state index contributed by atoms with van der Waals surface area (Å²) in [5.41, 5.74) is 6.83. The van der Waals surface area contributed by atoms with Crippen molar-refractivity contribution in [2.45, 2.75) is 12.1 Å². The van der Waals surface area contributed by atoms with Crippen molar-refractivity contribution in [1.29, 1.82) is 0 Å². The topological polar surface area (TPSA) is 53.7 Å². The number of nitrogens with two attached hydrogens (primary N) is 1. The Morgan fingerprint density at radius 2 is 2.28 bits per heavy atom. The Morgan fingerprint density at radius 1 is 1.50 bits per heavy atom. The van der Waals surface area contributed by atoms with Gasteiger partial charge in [0.1, 0.15) is 17.7 Å². The van der Waals surface area contributed by atoms with Crippen LogP contribution in [0.1, 0.15) is 11.6 Å². The average Bonchev–Trinajstić information content (AvgIpc) is 2.41. The van der Waals surface area contributed by atoms with E-state index in [1.54, 1.807) is 6.07 Å². The molecule has 1 fully saturated rings. The molecule has 0 amide bonds. The van der Waals surface area contributed by atoms with Gasteiger partial charge in [0, 0.05) is 11.6 Å². The van der Waals surface area contributed by atoms with E-state index in [-0.39, 0.29) is 11.9 Å². The lowest BCUT2D eigenvalue weighted by Crippen LogP contribution is -2.38. The normalized spacial score (nSPS) is 21.7. The first kappa shape index (κ1) is 13.7. The van der Waals surface area contributed by atoms with Crippen LogP contribution in [0.25, 0.3) is 0 Å². The van der Waals surface area contributed by atoms with Gasteiger partial charge in [0.05, 0.1) is 37.4 Å². The molecule has 0 bridgehead atoms. The minimum Gasteiger partial charge on any atom is -0.496 e. The number of benzene rings is 1. The van der Waals surface area contributed by atoms with Gasteiger partial charge in [0.25, 0.3) is 0 Å². The number of hydrogen-bond donors (Lipinski definition) is 1. The standard InChI is InChI=1S/C12H15BrFNO3/c1-16-10-5-9(14)8(13)4-7(10)12(15)11-6-17-2-3-18-11/h4-5,11-12H,2-3,6,15H2,1H3. The van der Waals surface area contributed by atoms with Crippen molar-refractivity contribution >= 4 is 15.9 Å². The van der Waals surface area contributed by atoms with E-state index in [1.807, 2.05) is 0 Å². The SMILES string of the molecule is COc1cc(F)c(Br)cc1C(N)C1COCCO1. The largest absolute Gasteiger partial charge is 0.496 e. The number of ether oxygens (including phenoxy) is 3. The summed E-state index contributed by atoms with van der Waals surface area (Å²) >= 11 is 3.14. The zero-order valence-corrected chi connectivity index (χ0v) is 11.6. The van der Waals surface area contributed by atoms with Crippen LogP contribution in [0.3, 0.4) is 0 Å². The maximum Gasteiger partial charge on any atom is 0.141 e. The molecule has 6 heteroatoms. The summed E-state index contributed by atoms with van der Waals surface area (Å²) in [7, 11) is 1.48. The summed E-state index contributed by atoms with van der Waals surface area (Å²) < 4.78 is 29.8. The van der Waals surface area contributed by atoms with E-state index in [1.165, 1.54) is 13.2 Å². The highest BCUT2D eigenvalue weighted by molar-refractivity contribution is 9.10. The molecular weight excluding hydrogens is 305 g/mol. The van der Waals surface area contributed by atoms with Gasteiger partial charge >= 0.3 is 0 Å². The Bertz CT molecular complexity index is 424. The van der Waals surface area contributed by atoms with Crippen molar-refractivity contribution in [1.82, 2.24) is 0 Å². The molecule has 1 heterocycles. The van der Waals surface area contributed by atoms with Gasteiger partial charge in [-0.1, -0.05) is 0 Å². The third-order valence-electron chi connectivity index (χ3n) is 2.87. The van der Waals surface area contributed by atoms with E-state index >= 15 is 0 Å². The van der Waals surface area contributed by atoms with Crippen molar-refractivity contribution in [3.63, 3.8) is 0 Å². The zero-order valence-electron chi connectivity index (χ0n) is 9.99. The highest BCUT2D eigenvalue weighted by Crippen LogP contribution is 2.32. The van der Waals surface area contributed by atoms with Crippen molar-refractivity contribution < 1.29 is 18.6 Å². The second kappa shape index (κ2) is 5.97. The Morgan fingerprint density at radius 3 is 2.89 bits per heavy atom. The van der Waals surface area contributed by atoms with Crippen LogP contribution in [-0.4, -0.2) is 33.0 Å². The van der Waals surface area contributed by atoms with E-state index in [2.05, 4.69) is 15.9 Å². The van der Waals surface area contributed by atoms with Crippen molar-refractivity contribution in [3.8, 4) is 5.75 Å². The second-order valence-electron chi connectivity index (χ2n) is 4.02. The first-order chi connectivity index (χ1) is 8.63. The number of halogens is 2. The molecule has 2 N–H and O–H groups in total. The molecule has 18 heavy (non-hydrogen) atoms. The van der Waals surface area contributed by atoms with Crippen LogP contribution in [0.4, 0.5) is 4.39 Å². The maximum atomic E-state index is 13.4. The lowest BCUT2D eigenvalue weighted by Gasteiger charge is -2.29. The molecule has 1 aromatic carbocycles. The Hall–Kier alpha value is -0.690. The molecule has 2 unspecified atom stereocenters. The molecule has 1 aromatic rings. The summed E-state index contributed by atoms with van der Waals surface area (Å²) in [4.78, 5) is 0. The minimum absolute atomic E-state index is 0.245. The summed E-state index contributed by atoms with van der Waals surface area (Å²) in [5.74, 6) is 0.0287. The Labute approximate surface area is 113 Å². The predicted molar refractivity (Wildman–Crippen MR) is 68.1 cm³/mol. The van der Waals surface area contributed by atoms with Gasteiger partial charge < -0.3 is 19.9 Å². The third kappa shape index (κ3) is 2.83. The van der Waals surface area contributed by atoms with Crippen LogP contribution in [0.5, 0.6) is 5.75 Å². The van der Waals surface area contributed by atoms with Gasteiger partial charge in [0.15, 0.2) is 0 Å². The first-order valence-corrected chi connectivity index (χ1v) is 6.40. The quantitative estimate of drug-likeness (QED) is 0.926. The fraction of sp³-hybridized carbons (Fsp3) is 0.500. The van der Waals surface area contributed by atoms with Gasteiger partial charge in [0.2, 0.25) is 0 Å². The molecule has 2 atom stereocenters. The molecule has 4 nitrogen and oxygen atoms in total. The average molecular weight is 320 g/mol. The Kier molecular flexibility index (Phi) is 4.55. The fourth-order valence-corrected chi connectivity index (χ4v) is 2.26. The highest BCUT2D eigenvalue weighted by Gasteiger charge is 2.26. The molecule has 0 saturated carbocycles. The molecule has 1 aliphatic heterocycles. The maximum absolute atomic E-state index is 13.4. The number of methoxy groups -OCH3 is 1. The van der Waals surface area contributed by atoms with Gasteiger partial charge in [-0.3, -0.25) is 0 Å². The smallest absolute Gasteiger partial charge is 0.141 e. The molecule has 100 valence electrons. The van der Waals surface area contributed by atoms with E-state index in [9.17, 15) is 4.39 Å². The number of hydrogen-bond acceptors (Lipinski definition) is 4. The van der Waals surface area contributed by atoms with Gasteiger partial charge in [-0.25, -0.2) is 4.39 Å². The van der Waals surface area contributed by atoms with Crippen LogP contribution < -0.4 is 10.5 Å². The third-order valence-corrected chi connectivity index (χ3v) is 3.48. The van der Waals surface area contributed by atoms with Gasteiger partial charge in [-0.15, -0.1) is 0 Å². The molecule has 0 radical (unpaired) electrons.